The van der Waals surface area contributed by atoms with Gasteiger partial charge in [0.05, 0.1) is 29.9 Å². The molecule has 0 saturated heterocycles. The third-order valence-electron chi connectivity index (χ3n) is 6.83. The SMILES string of the molecule is CNC(=O)c1c(-c2ccc(F)cc2)oc2cc3c(cc12)[C@H](C)O[C@H](Cn1cc(C(F)(F)F)ccc1=O)CN3C. The second-order valence-electron chi connectivity index (χ2n) is 9.49. The molecule has 0 fully saturated rings. The molecule has 5 rings (SSSR count). The Balaban J connectivity index is 1.54. The summed E-state index contributed by atoms with van der Waals surface area (Å²) >= 11 is 0. The van der Waals surface area contributed by atoms with E-state index in [0.717, 1.165) is 34.1 Å². The summed E-state index contributed by atoms with van der Waals surface area (Å²) in [4.78, 5) is 27.1. The van der Waals surface area contributed by atoms with Gasteiger partial charge in [0, 0.05) is 61.2 Å². The molecular weight excluding hydrogens is 518 g/mol. The van der Waals surface area contributed by atoms with E-state index in [4.69, 9.17) is 9.15 Å². The summed E-state index contributed by atoms with van der Waals surface area (Å²) in [6.07, 6.45) is -4.92. The van der Waals surface area contributed by atoms with Gasteiger partial charge >= 0.3 is 6.18 Å². The summed E-state index contributed by atoms with van der Waals surface area (Å²) in [5.74, 6) is -0.509. The number of hydrogen-bond acceptors (Lipinski definition) is 5. The van der Waals surface area contributed by atoms with Gasteiger partial charge in [-0.1, -0.05) is 0 Å². The smallest absolute Gasteiger partial charge is 0.417 e. The Hall–Kier alpha value is -4.12. The minimum Gasteiger partial charge on any atom is -0.455 e. The Labute approximate surface area is 220 Å². The fourth-order valence-corrected chi connectivity index (χ4v) is 4.93. The molecule has 0 radical (unpaired) electrons. The number of furan rings is 1. The van der Waals surface area contributed by atoms with Crippen molar-refractivity contribution in [2.75, 3.05) is 25.5 Å². The van der Waals surface area contributed by atoms with E-state index in [1.165, 1.54) is 31.3 Å². The second-order valence-corrected chi connectivity index (χ2v) is 9.49. The average molecular weight is 544 g/mol. The first kappa shape index (κ1) is 26.5. The number of likely N-dealkylation sites (N-methyl/N-ethyl adjacent to an activating group) is 1. The molecule has 204 valence electrons. The van der Waals surface area contributed by atoms with E-state index in [-0.39, 0.29) is 24.6 Å². The molecule has 1 N–H and O–H groups in total. The molecule has 2 aromatic heterocycles. The number of halogens is 4. The van der Waals surface area contributed by atoms with Gasteiger partial charge < -0.3 is 23.9 Å². The van der Waals surface area contributed by atoms with Crippen molar-refractivity contribution in [3.05, 3.63) is 87.6 Å². The molecule has 0 aliphatic carbocycles. The van der Waals surface area contributed by atoms with Crippen molar-refractivity contribution >= 4 is 22.6 Å². The van der Waals surface area contributed by atoms with Gasteiger partial charge in [0.15, 0.2) is 0 Å². The maximum atomic E-state index is 13.5. The van der Waals surface area contributed by atoms with Crippen molar-refractivity contribution in [2.45, 2.75) is 31.9 Å². The van der Waals surface area contributed by atoms with Gasteiger partial charge in [0.1, 0.15) is 17.2 Å². The highest BCUT2D eigenvalue weighted by Gasteiger charge is 2.32. The van der Waals surface area contributed by atoms with Crippen molar-refractivity contribution in [1.29, 1.82) is 0 Å². The number of aromatic nitrogens is 1. The number of fused-ring (bicyclic) bond motifs is 2. The first-order valence-corrected chi connectivity index (χ1v) is 12.2. The minimum absolute atomic E-state index is 0.0836. The molecule has 1 aliphatic rings. The third kappa shape index (κ3) is 5.01. The number of nitrogens with zero attached hydrogens (tertiary/aromatic N) is 2. The number of rotatable bonds is 4. The van der Waals surface area contributed by atoms with Gasteiger partial charge in [-0.05, 0) is 43.3 Å². The fraction of sp³-hybridized carbons (Fsp3) is 0.286. The predicted molar refractivity (Wildman–Crippen MR) is 137 cm³/mol. The minimum atomic E-state index is -4.58. The molecule has 0 saturated carbocycles. The lowest BCUT2D eigenvalue weighted by Gasteiger charge is -2.23. The van der Waals surface area contributed by atoms with Crippen LogP contribution < -0.4 is 15.8 Å². The molecule has 7 nitrogen and oxygen atoms in total. The lowest BCUT2D eigenvalue weighted by atomic mass is 10.00. The normalized spacial score (nSPS) is 17.7. The number of pyridine rings is 1. The Morgan fingerprint density at radius 2 is 1.85 bits per heavy atom. The first-order chi connectivity index (χ1) is 18.5. The standard InChI is InChI=1S/C28H25F4N3O4/c1-15-20-10-21-23(39-26(25(21)27(37)33-2)16-4-7-18(29)8-5-16)11-22(20)34(3)13-19(38-15)14-35-12-17(28(30,31)32)6-9-24(35)36/h4-12,15,19H,13-14H2,1-3H3,(H,33,37)/t15-,19-/m0/s1. The molecule has 2 aromatic carbocycles. The second kappa shape index (κ2) is 9.88. The monoisotopic (exact) mass is 543 g/mol. The summed E-state index contributed by atoms with van der Waals surface area (Å²) in [6, 6.07) is 10.9. The molecule has 39 heavy (non-hydrogen) atoms. The summed E-state index contributed by atoms with van der Waals surface area (Å²) in [5.41, 5.74) is 1.25. The number of hydrogen-bond donors (Lipinski definition) is 1. The number of alkyl halides is 3. The number of amides is 1. The largest absolute Gasteiger partial charge is 0.455 e. The van der Waals surface area contributed by atoms with E-state index in [2.05, 4.69) is 5.32 Å². The van der Waals surface area contributed by atoms with Gasteiger partial charge in [0.2, 0.25) is 0 Å². The van der Waals surface area contributed by atoms with Gasteiger partial charge in [-0.2, -0.15) is 13.2 Å². The highest BCUT2D eigenvalue weighted by Crippen LogP contribution is 2.41. The number of carbonyl (C=O) groups is 1. The van der Waals surface area contributed by atoms with E-state index in [0.29, 0.717) is 22.3 Å². The molecule has 0 unspecified atom stereocenters. The first-order valence-electron chi connectivity index (χ1n) is 12.2. The predicted octanol–water partition coefficient (Wildman–Crippen LogP) is 5.38. The number of anilines is 1. The fourth-order valence-electron chi connectivity index (χ4n) is 4.93. The third-order valence-corrected chi connectivity index (χ3v) is 6.83. The molecule has 0 spiro atoms. The van der Waals surface area contributed by atoms with Crippen molar-refractivity contribution < 1.29 is 31.5 Å². The van der Waals surface area contributed by atoms with E-state index < -0.39 is 35.3 Å². The Kier molecular flexibility index (Phi) is 6.71. The van der Waals surface area contributed by atoms with E-state index in [1.54, 1.807) is 26.1 Å². The van der Waals surface area contributed by atoms with Crippen LogP contribution in [0.25, 0.3) is 22.3 Å². The zero-order chi connectivity index (χ0) is 28.1. The van der Waals surface area contributed by atoms with Crippen molar-refractivity contribution in [2.24, 2.45) is 0 Å². The number of benzene rings is 2. The highest BCUT2D eigenvalue weighted by molar-refractivity contribution is 6.11. The summed E-state index contributed by atoms with van der Waals surface area (Å²) in [5, 5.41) is 3.15. The van der Waals surface area contributed by atoms with Crippen LogP contribution in [0, 0.1) is 5.82 Å². The zero-order valence-corrected chi connectivity index (χ0v) is 21.3. The van der Waals surface area contributed by atoms with E-state index in [9.17, 15) is 27.2 Å². The van der Waals surface area contributed by atoms with Crippen LogP contribution in [0.4, 0.5) is 23.2 Å². The van der Waals surface area contributed by atoms with Crippen LogP contribution in [0.5, 0.6) is 0 Å². The average Bonchev–Trinajstić information content (AvgIpc) is 3.21. The van der Waals surface area contributed by atoms with Gasteiger partial charge in [-0.25, -0.2) is 4.39 Å². The summed E-state index contributed by atoms with van der Waals surface area (Å²) in [6.45, 7) is 1.99. The lowest BCUT2D eigenvalue weighted by Crippen LogP contribution is -2.35. The zero-order valence-electron chi connectivity index (χ0n) is 21.3. The lowest BCUT2D eigenvalue weighted by molar-refractivity contribution is -0.138. The highest BCUT2D eigenvalue weighted by atomic mass is 19.4. The van der Waals surface area contributed by atoms with Gasteiger partial charge in [0.25, 0.3) is 11.5 Å². The molecule has 2 atom stereocenters. The quantitative estimate of drug-likeness (QED) is 0.350. The topological polar surface area (TPSA) is 76.7 Å². The summed E-state index contributed by atoms with van der Waals surface area (Å²) < 4.78 is 66.5. The molecule has 4 aromatic rings. The number of carbonyl (C=O) groups excluding carboxylic acids is 1. The van der Waals surface area contributed by atoms with E-state index >= 15 is 0 Å². The molecular formula is C28H25F4N3O4. The maximum Gasteiger partial charge on any atom is 0.417 e. The van der Waals surface area contributed by atoms with Gasteiger partial charge in [-0.3, -0.25) is 9.59 Å². The van der Waals surface area contributed by atoms with Crippen LogP contribution in [0.3, 0.4) is 0 Å². The Morgan fingerprint density at radius 1 is 1.13 bits per heavy atom. The molecule has 11 heteroatoms. The Bertz CT molecular complexity index is 1610. The van der Waals surface area contributed by atoms with Crippen LogP contribution in [0.2, 0.25) is 0 Å². The van der Waals surface area contributed by atoms with Crippen molar-refractivity contribution in [1.82, 2.24) is 9.88 Å². The van der Waals surface area contributed by atoms with Crippen LogP contribution in [0.1, 0.15) is 34.5 Å². The number of ether oxygens (including phenoxy) is 1. The molecule has 1 amide bonds. The number of nitrogens with one attached hydrogen (secondary N) is 1. The van der Waals surface area contributed by atoms with Crippen molar-refractivity contribution in [3.63, 3.8) is 0 Å². The summed E-state index contributed by atoms with van der Waals surface area (Å²) in [7, 11) is 3.30. The molecule has 0 bridgehead atoms. The van der Waals surface area contributed by atoms with Crippen LogP contribution in [-0.4, -0.2) is 37.2 Å². The van der Waals surface area contributed by atoms with Crippen molar-refractivity contribution in [3.8, 4) is 11.3 Å². The van der Waals surface area contributed by atoms with Crippen LogP contribution >= 0.6 is 0 Å². The molecule has 1 aliphatic heterocycles. The van der Waals surface area contributed by atoms with Crippen LogP contribution in [-0.2, 0) is 17.5 Å². The maximum absolute atomic E-state index is 13.5. The Morgan fingerprint density at radius 3 is 2.51 bits per heavy atom. The van der Waals surface area contributed by atoms with Gasteiger partial charge in [-0.15, -0.1) is 0 Å². The molecule has 3 heterocycles. The van der Waals surface area contributed by atoms with E-state index in [1.807, 2.05) is 4.90 Å². The van der Waals surface area contributed by atoms with Crippen LogP contribution in [0.15, 0.2) is 63.9 Å².